The van der Waals surface area contributed by atoms with E-state index < -0.39 is 0 Å². The lowest BCUT2D eigenvalue weighted by Crippen LogP contribution is -2.41. The molecule has 7 heteroatoms. The van der Waals surface area contributed by atoms with Crippen molar-refractivity contribution in [2.75, 3.05) is 31.6 Å². The first kappa shape index (κ1) is 21.7. The average molecular weight is 473 g/mol. The van der Waals surface area contributed by atoms with Crippen LogP contribution in [0.4, 0.5) is 5.69 Å². The second-order valence-corrected chi connectivity index (χ2v) is 6.96. The summed E-state index contributed by atoms with van der Waals surface area (Å²) in [5, 5.41) is 7.75. The first-order chi connectivity index (χ1) is 11.6. The average Bonchev–Trinajstić information content (AvgIpc) is 3.00. The second-order valence-electron chi connectivity index (χ2n) is 5.64. The monoisotopic (exact) mass is 473 g/mol. The van der Waals surface area contributed by atoms with Gasteiger partial charge in [0.15, 0.2) is 5.96 Å². The summed E-state index contributed by atoms with van der Waals surface area (Å²) >= 11 is 1.71. The molecule has 0 aliphatic carbocycles. The Labute approximate surface area is 172 Å². The van der Waals surface area contributed by atoms with Gasteiger partial charge in [0, 0.05) is 43.4 Å². The maximum absolute atomic E-state index is 4.36. The molecule has 2 aromatic rings. The molecule has 0 fully saturated rings. The van der Waals surface area contributed by atoms with Crippen LogP contribution in [0.5, 0.6) is 0 Å². The van der Waals surface area contributed by atoms with E-state index in [-0.39, 0.29) is 24.0 Å². The lowest BCUT2D eigenvalue weighted by atomic mass is 10.2. The molecule has 0 aliphatic heterocycles. The van der Waals surface area contributed by atoms with E-state index >= 15 is 0 Å². The zero-order chi connectivity index (χ0) is 17.4. The quantitative estimate of drug-likeness (QED) is 0.367. The molecule has 0 atom stereocenters. The van der Waals surface area contributed by atoms with Crippen LogP contribution in [-0.2, 0) is 6.54 Å². The number of thiazole rings is 1. The van der Waals surface area contributed by atoms with Gasteiger partial charge in [-0.25, -0.2) is 4.98 Å². The third-order valence-corrected chi connectivity index (χ3v) is 4.64. The molecule has 2 N–H and O–H groups in total. The Kier molecular flexibility index (Phi) is 9.81. The highest BCUT2D eigenvalue weighted by molar-refractivity contribution is 14.0. The summed E-state index contributed by atoms with van der Waals surface area (Å²) in [4.78, 5) is 12.2. The van der Waals surface area contributed by atoms with Crippen LogP contribution >= 0.6 is 35.3 Å². The highest BCUT2D eigenvalue weighted by Gasteiger charge is 2.05. The Morgan fingerprint density at radius 3 is 2.68 bits per heavy atom. The highest BCUT2D eigenvalue weighted by Crippen LogP contribution is 2.15. The van der Waals surface area contributed by atoms with Crippen LogP contribution in [0.2, 0.25) is 0 Å². The van der Waals surface area contributed by atoms with Crippen LogP contribution in [0.3, 0.4) is 0 Å². The van der Waals surface area contributed by atoms with Crippen molar-refractivity contribution in [3.8, 4) is 0 Å². The fourth-order valence-electron chi connectivity index (χ4n) is 2.47. The Bertz CT molecular complexity index is 671. The molecule has 0 radical (unpaired) electrons. The Morgan fingerprint density at radius 2 is 2.08 bits per heavy atom. The van der Waals surface area contributed by atoms with E-state index in [9.17, 15) is 0 Å². The molecule has 2 rings (SSSR count). The topological polar surface area (TPSA) is 52.5 Å². The molecule has 0 saturated heterocycles. The van der Waals surface area contributed by atoms with Gasteiger partial charge in [-0.15, -0.1) is 35.3 Å². The molecule has 0 saturated carbocycles. The molecule has 0 unspecified atom stereocenters. The Hall–Kier alpha value is -1.35. The molecule has 1 heterocycles. The number of hydrogen-bond acceptors (Lipinski definition) is 4. The molecule has 1 aromatic carbocycles. The maximum atomic E-state index is 4.36. The van der Waals surface area contributed by atoms with Crippen molar-refractivity contribution in [1.29, 1.82) is 0 Å². The predicted octanol–water partition coefficient (Wildman–Crippen LogP) is 3.57. The van der Waals surface area contributed by atoms with Crippen molar-refractivity contribution in [3.05, 3.63) is 45.9 Å². The van der Waals surface area contributed by atoms with E-state index in [1.807, 2.05) is 6.20 Å². The molecule has 0 bridgehead atoms. The summed E-state index contributed by atoms with van der Waals surface area (Å²) in [6.07, 6.45) is 1.90. The molecule has 138 valence electrons. The van der Waals surface area contributed by atoms with E-state index in [2.05, 4.69) is 70.5 Å². The van der Waals surface area contributed by atoms with Gasteiger partial charge in [0.05, 0.1) is 6.54 Å². The van der Waals surface area contributed by atoms with Crippen LogP contribution in [0.25, 0.3) is 0 Å². The third-order valence-electron chi connectivity index (χ3n) is 3.72. The number of nitrogens with one attached hydrogen (secondary N) is 2. The number of guanidine groups is 1. The smallest absolute Gasteiger partial charge is 0.191 e. The van der Waals surface area contributed by atoms with E-state index in [0.29, 0.717) is 6.54 Å². The van der Waals surface area contributed by atoms with Gasteiger partial charge in [-0.2, -0.15) is 0 Å². The lowest BCUT2D eigenvalue weighted by molar-refractivity contribution is 0.749. The van der Waals surface area contributed by atoms with E-state index in [1.165, 1.54) is 16.1 Å². The van der Waals surface area contributed by atoms with Crippen LogP contribution in [0.1, 0.15) is 22.4 Å². The maximum Gasteiger partial charge on any atom is 0.191 e. The SMILES string of the molecule is CCN(CCNC(=NC)NCc1ncc(C)s1)c1cccc(C)c1.I. The highest BCUT2D eigenvalue weighted by atomic mass is 127. The van der Waals surface area contributed by atoms with Gasteiger partial charge in [0.25, 0.3) is 0 Å². The van der Waals surface area contributed by atoms with Crippen LogP contribution in [0.15, 0.2) is 35.5 Å². The number of hydrogen-bond donors (Lipinski definition) is 2. The molecule has 0 amide bonds. The number of benzene rings is 1. The van der Waals surface area contributed by atoms with Crippen LogP contribution in [0, 0.1) is 13.8 Å². The van der Waals surface area contributed by atoms with Gasteiger partial charge in [-0.3, -0.25) is 4.99 Å². The summed E-state index contributed by atoms with van der Waals surface area (Å²) in [5.74, 6) is 0.808. The second kappa shape index (κ2) is 11.3. The summed E-state index contributed by atoms with van der Waals surface area (Å²) in [7, 11) is 1.79. The van der Waals surface area contributed by atoms with E-state index in [1.54, 1.807) is 18.4 Å². The summed E-state index contributed by atoms with van der Waals surface area (Å²) < 4.78 is 0. The van der Waals surface area contributed by atoms with Gasteiger partial charge in [-0.05, 0) is 38.5 Å². The number of anilines is 1. The Balaban J connectivity index is 0.00000312. The van der Waals surface area contributed by atoms with Gasteiger partial charge in [0.2, 0.25) is 0 Å². The Morgan fingerprint density at radius 1 is 1.28 bits per heavy atom. The number of aliphatic imine (C=N–C) groups is 1. The minimum Gasteiger partial charge on any atom is -0.370 e. The third kappa shape index (κ3) is 7.19. The van der Waals surface area contributed by atoms with Gasteiger partial charge in [-0.1, -0.05) is 12.1 Å². The minimum atomic E-state index is 0. The van der Waals surface area contributed by atoms with Crippen molar-refractivity contribution in [3.63, 3.8) is 0 Å². The van der Waals surface area contributed by atoms with Crippen LogP contribution in [-0.4, -0.2) is 37.6 Å². The van der Waals surface area contributed by atoms with Crippen molar-refractivity contribution in [2.24, 2.45) is 4.99 Å². The fourth-order valence-corrected chi connectivity index (χ4v) is 3.19. The molecule has 1 aromatic heterocycles. The van der Waals surface area contributed by atoms with Gasteiger partial charge in [0.1, 0.15) is 5.01 Å². The van der Waals surface area contributed by atoms with Crippen molar-refractivity contribution in [1.82, 2.24) is 15.6 Å². The number of nitrogens with zero attached hydrogens (tertiary/aromatic N) is 3. The van der Waals surface area contributed by atoms with Gasteiger partial charge >= 0.3 is 0 Å². The molecule has 25 heavy (non-hydrogen) atoms. The fraction of sp³-hybridized carbons (Fsp3) is 0.444. The number of likely N-dealkylation sites (N-methyl/N-ethyl adjacent to an activating group) is 1. The predicted molar refractivity (Wildman–Crippen MR) is 120 cm³/mol. The van der Waals surface area contributed by atoms with Crippen LogP contribution < -0.4 is 15.5 Å². The number of aromatic nitrogens is 1. The summed E-state index contributed by atoms with van der Waals surface area (Å²) in [6.45, 7) is 9.82. The molecule has 5 nitrogen and oxygen atoms in total. The first-order valence-corrected chi connectivity index (χ1v) is 9.11. The summed E-state index contributed by atoms with van der Waals surface area (Å²) in [5.41, 5.74) is 2.55. The van der Waals surface area contributed by atoms with E-state index in [0.717, 1.165) is 30.6 Å². The standard InChI is InChI=1S/C18H27N5S.HI/c1-5-23(16-8-6-7-14(2)11-16)10-9-20-18(19-4)22-13-17-21-12-15(3)24-17;/h6-8,11-12H,5,9-10,13H2,1-4H3,(H2,19,20,22);1H. The molecular weight excluding hydrogens is 445 g/mol. The lowest BCUT2D eigenvalue weighted by Gasteiger charge is -2.24. The van der Waals surface area contributed by atoms with Crippen molar-refractivity contribution >= 4 is 47.0 Å². The molecule has 0 spiro atoms. The van der Waals surface area contributed by atoms with E-state index in [4.69, 9.17) is 0 Å². The zero-order valence-electron chi connectivity index (χ0n) is 15.4. The first-order valence-electron chi connectivity index (χ1n) is 8.29. The van der Waals surface area contributed by atoms with Crippen molar-refractivity contribution in [2.45, 2.75) is 27.3 Å². The normalized spacial score (nSPS) is 11.0. The number of aryl methyl sites for hydroxylation is 2. The number of halogens is 1. The zero-order valence-corrected chi connectivity index (χ0v) is 18.5. The molecular formula is C18H28IN5S. The van der Waals surface area contributed by atoms with Crippen molar-refractivity contribution < 1.29 is 0 Å². The summed E-state index contributed by atoms with van der Waals surface area (Å²) in [6, 6.07) is 8.62. The number of rotatable bonds is 7. The minimum absolute atomic E-state index is 0. The van der Waals surface area contributed by atoms with Gasteiger partial charge < -0.3 is 15.5 Å². The largest absolute Gasteiger partial charge is 0.370 e. The molecule has 0 aliphatic rings.